The number of carboxylic acid groups (broad SMARTS) is 1. The van der Waals surface area contributed by atoms with Crippen molar-refractivity contribution in [1.29, 1.82) is 0 Å². The third kappa shape index (κ3) is 4.20. The Bertz CT molecular complexity index is 641. The van der Waals surface area contributed by atoms with Gasteiger partial charge in [-0.1, -0.05) is 0 Å². The number of likely N-dealkylation sites (tertiary alicyclic amines) is 1. The van der Waals surface area contributed by atoms with Crippen LogP contribution in [-0.2, 0) is 9.53 Å². The van der Waals surface area contributed by atoms with Crippen LogP contribution in [0.25, 0.3) is 0 Å². The highest BCUT2D eigenvalue weighted by Gasteiger charge is 2.49. The fourth-order valence-electron chi connectivity index (χ4n) is 4.52. The summed E-state index contributed by atoms with van der Waals surface area (Å²) < 4.78 is 5.45. The monoisotopic (exact) mass is 395 g/mol. The molecule has 2 aliphatic heterocycles. The standard InChI is InChI=1S/C20H33N3O5/c1-18(2,3)28-17(27)22-11-9-20(10-12-22)13-23(16(26)21-20)14-5-7-19(4,8-6-14)15(24)25/h14H,5-13H2,1-4H3,(H,21,26)(H,24,25)/t14-,19-. The van der Waals surface area contributed by atoms with Crippen molar-refractivity contribution in [2.24, 2.45) is 5.41 Å². The van der Waals surface area contributed by atoms with Crippen LogP contribution in [0.4, 0.5) is 9.59 Å². The molecule has 8 nitrogen and oxygen atoms in total. The van der Waals surface area contributed by atoms with Gasteiger partial charge in [0.15, 0.2) is 0 Å². The van der Waals surface area contributed by atoms with Crippen molar-refractivity contribution in [1.82, 2.24) is 15.1 Å². The largest absolute Gasteiger partial charge is 0.481 e. The Morgan fingerprint density at radius 2 is 1.71 bits per heavy atom. The lowest BCUT2D eigenvalue weighted by Gasteiger charge is -2.40. The zero-order valence-corrected chi connectivity index (χ0v) is 17.4. The van der Waals surface area contributed by atoms with E-state index in [1.54, 1.807) is 11.8 Å². The molecule has 0 radical (unpaired) electrons. The fourth-order valence-corrected chi connectivity index (χ4v) is 4.52. The summed E-state index contributed by atoms with van der Waals surface area (Å²) >= 11 is 0. The summed E-state index contributed by atoms with van der Waals surface area (Å²) in [5, 5.41) is 12.6. The first-order valence-corrected chi connectivity index (χ1v) is 10.2. The van der Waals surface area contributed by atoms with Gasteiger partial charge in [0.25, 0.3) is 0 Å². The van der Waals surface area contributed by atoms with Crippen LogP contribution in [-0.4, -0.2) is 69.8 Å². The quantitative estimate of drug-likeness (QED) is 0.749. The van der Waals surface area contributed by atoms with E-state index < -0.39 is 17.0 Å². The van der Waals surface area contributed by atoms with Gasteiger partial charge in [0, 0.05) is 25.7 Å². The highest BCUT2D eigenvalue weighted by atomic mass is 16.6. The Kier molecular flexibility index (Phi) is 5.27. The zero-order valence-electron chi connectivity index (χ0n) is 17.4. The lowest BCUT2D eigenvalue weighted by molar-refractivity contribution is -0.150. The van der Waals surface area contributed by atoms with Crippen molar-refractivity contribution in [2.45, 2.75) is 83.4 Å². The minimum atomic E-state index is -0.747. The molecule has 3 aliphatic rings. The van der Waals surface area contributed by atoms with Crippen LogP contribution in [0.5, 0.6) is 0 Å². The van der Waals surface area contributed by atoms with Crippen LogP contribution in [0.3, 0.4) is 0 Å². The van der Waals surface area contributed by atoms with Crippen LogP contribution in [0.1, 0.15) is 66.2 Å². The predicted octanol–water partition coefficient (Wildman–Crippen LogP) is 2.81. The highest BCUT2D eigenvalue weighted by Crippen LogP contribution is 2.40. The molecule has 0 unspecified atom stereocenters. The average molecular weight is 396 g/mol. The maximum atomic E-state index is 12.6. The van der Waals surface area contributed by atoms with Crippen LogP contribution in [0, 0.1) is 5.41 Å². The van der Waals surface area contributed by atoms with Gasteiger partial charge < -0.3 is 25.0 Å². The van der Waals surface area contributed by atoms with E-state index in [4.69, 9.17) is 4.74 Å². The number of carbonyl (C=O) groups is 3. The molecule has 0 aromatic rings. The number of hydrogen-bond donors (Lipinski definition) is 2. The minimum absolute atomic E-state index is 0.0605. The van der Waals surface area contributed by atoms with E-state index in [0.29, 0.717) is 45.3 Å². The summed E-state index contributed by atoms with van der Waals surface area (Å²) in [7, 11) is 0. The lowest BCUT2D eigenvalue weighted by atomic mass is 9.73. The maximum absolute atomic E-state index is 12.6. The topological polar surface area (TPSA) is 99.2 Å². The molecule has 0 atom stereocenters. The molecule has 1 saturated carbocycles. The number of urea groups is 1. The molecule has 0 aromatic carbocycles. The number of hydrogen-bond acceptors (Lipinski definition) is 4. The molecule has 28 heavy (non-hydrogen) atoms. The second-order valence-corrected chi connectivity index (χ2v) is 9.90. The number of amides is 3. The van der Waals surface area contributed by atoms with Crippen LogP contribution < -0.4 is 5.32 Å². The van der Waals surface area contributed by atoms with E-state index in [0.717, 1.165) is 12.8 Å². The Balaban J connectivity index is 1.55. The molecule has 3 fully saturated rings. The molecule has 0 aromatic heterocycles. The van der Waals surface area contributed by atoms with Crippen molar-refractivity contribution in [3.05, 3.63) is 0 Å². The summed E-state index contributed by atoms with van der Waals surface area (Å²) in [5.74, 6) is -0.747. The number of rotatable bonds is 2. The van der Waals surface area contributed by atoms with Gasteiger partial charge >= 0.3 is 18.1 Å². The Labute approximate surface area is 166 Å². The van der Waals surface area contributed by atoms with Crippen molar-refractivity contribution in [2.75, 3.05) is 19.6 Å². The molecule has 158 valence electrons. The van der Waals surface area contributed by atoms with E-state index in [9.17, 15) is 19.5 Å². The molecule has 0 bridgehead atoms. The first-order valence-electron chi connectivity index (χ1n) is 10.2. The van der Waals surface area contributed by atoms with Gasteiger partial charge in [0.05, 0.1) is 11.0 Å². The number of nitrogens with zero attached hydrogens (tertiary/aromatic N) is 2. The lowest BCUT2D eigenvalue weighted by Crippen LogP contribution is -2.54. The van der Waals surface area contributed by atoms with Gasteiger partial charge in [-0.15, -0.1) is 0 Å². The number of nitrogens with one attached hydrogen (secondary N) is 1. The molecule has 2 heterocycles. The molecule has 2 saturated heterocycles. The molecular formula is C20H33N3O5. The molecule has 3 amide bonds. The summed E-state index contributed by atoms with van der Waals surface area (Å²) in [6, 6.07) is 0.0327. The Hall–Kier alpha value is -1.99. The van der Waals surface area contributed by atoms with Gasteiger partial charge in [-0.2, -0.15) is 0 Å². The average Bonchev–Trinajstić information content (AvgIpc) is 2.90. The van der Waals surface area contributed by atoms with E-state index in [-0.39, 0.29) is 23.7 Å². The van der Waals surface area contributed by atoms with Gasteiger partial charge in [0.2, 0.25) is 0 Å². The number of carboxylic acids is 1. The van der Waals surface area contributed by atoms with Crippen molar-refractivity contribution in [3.8, 4) is 0 Å². The second kappa shape index (κ2) is 7.12. The summed E-state index contributed by atoms with van der Waals surface area (Å²) in [6.45, 7) is 9.10. The molecule has 1 spiro atoms. The van der Waals surface area contributed by atoms with Crippen molar-refractivity contribution >= 4 is 18.1 Å². The highest BCUT2D eigenvalue weighted by molar-refractivity contribution is 5.79. The van der Waals surface area contributed by atoms with E-state index in [1.807, 2.05) is 25.7 Å². The Morgan fingerprint density at radius 3 is 2.21 bits per heavy atom. The van der Waals surface area contributed by atoms with Crippen LogP contribution >= 0.6 is 0 Å². The Morgan fingerprint density at radius 1 is 1.14 bits per heavy atom. The van der Waals surface area contributed by atoms with E-state index in [1.165, 1.54) is 0 Å². The molecule has 1 aliphatic carbocycles. The molecular weight excluding hydrogens is 362 g/mol. The first-order chi connectivity index (χ1) is 12.9. The fraction of sp³-hybridized carbons (Fsp3) is 0.850. The molecule has 8 heteroatoms. The first kappa shape index (κ1) is 20.7. The van der Waals surface area contributed by atoms with Gasteiger partial charge in [-0.3, -0.25) is 4.79 Å². The minimum Gasteiger partial charge on any atom is -0.481 e. The predicted molar refractivity (Wildman–Crippen MR) is 103 cm³/mol. The van der Waals surface area contributed by atoms with Crippen molar-refractivity contribution in [3.63, 3.8) is 0 Å². The van der Waals surface area contributed by atoms with Gasteiger partial charge in [-0.25, -0.2) is 9.59 Å². The molecule has 2 N–H and O–H groups in total. The number of ether oxygens (including phenoxy) is 1. The van der Waals surface area contributed by atoms with Crippen LogP contribution in [0.2, 0.25) is 0 Å². The number of carbonyl (C=O) groups excluding carboxylic acids is 2. The van der Waals surface area contributed by atoms with Crippen LogP contribution in [0.15, 0.2) is 0 Å². The maximum Gasteiger partial charge on any atom is 0.410 e. The zero-order chi connectivity index (χ0) is 20.7. The summed E-state index contributed by atoms with van der Waals surface area (Å²) in [4.78, 5) is 40.0. The van der Waals surface area contributed by atoms with Gasteiger partial charge in [0.1, 0.15) is 5.60 Å². The van der Waals surface area contributed by atoms with Gasteiger partial charge in [-0.05, 0) is 66.2 Å². The second-order valence-electron chi connectivity index (χ2n) is 9.90. The van der Waals surface area contributed by atoms with E-state index >= 15 is 0 Å². The number of aliphatic carboxylic acids is 1. The normalized spacial score (nSPS) is 30.3. The van der Waals surface area contributed by atoms with Crippen molar-refractivity contribution < 1.29 is 24.2 Å². The third-order valence-corrected chi connectivity index (χ3v) is 6.49. The third-order valence-electron chi connectivity index (χ3n) is 6.49. The SMILES string of the molecule is CC(C)(C)OC(=O)N1CCC2(CC1)CN([C@H]1CC[C@](C)(C(=O)O)CC1)C(=O)N2. The summed E-state index contributed by atoms with van der Waals surface area (Å²) in [5.41, 5.74) is -1.50. The summed E-state index contributed by atoms with van der Waals surface area (Å²) in [6.07, 6.45) is 3.73. The van der Waals surface area contributed by atoms with E-state index in [2.05, 4.69) is 5.32 Å². The number of piperidine rings is 1. The molecule has 3 rings (SSSR count). The smallest absolute Gasteiger partial charge is 0.410 e.